The molecule has 0 saturated heterocycles. The Hall–Kier alpha value is -1.97. The Labute approximate surface area is 96.9 Å². The van der Waals surface area contributed by atoms with E-state index in [2.05, 4.69) is 5.32 Å². The summed E-state index contributed by atoms with van der Waals surface area (Å²) >= 11 is 0. The van der Waals surface area contributed by atoms with Crippen molar-refractivity contribution in [3.05, 3.63) is 65.5 Å². The maximum atomic E-state index is 13.3. The Kier molecular flexibility index (Phi) is 3.32. The van der Waals surface area contributed by atoms with Crippen molar-refractivity contribution >= 4 is 5.69 Å². The van der Waals surface area contributed by atoms with Crippen molar-refractivity contribution in [2.45, 2.75) is 6.54 Å². The van der Waals surface area contributed by atoms with Crippen LogP contribution in [0, 0.1) is 17.5 Å². The van der Waals surface area contributed by atoms with Crippen LogP contribution in [0.5, 0.6) is 0 Å². The maximum Gasteiger partial charge on any atom is 0.161 e. The van der Waals surface area contributed by atoms with Crippen LogP contribution in [0.3, 0.4) is 0 Å². The standard InChI is InChI=1S/C13H10F3N/c14-10-6-12(16)13(7-11(10)15)17-8-9-4-2-1-3-5-9/h1-7,17H,8H2. The fourth-order valence-corrected chi connectivity index (χ4v) is 1.45. The third kappa shape index (κ3) is 2.78. The smallest absolute Gasteiger partial charge is 0.161 e. The maximum absolute atomic E-state index is 13.3. The van der Waals surface area contributed by atoms with Gasteiger partial charge in [0.15, 0.2) is 11.6 Å². The second-order valence-corrected chi connectivity index (χ2v) is 3.59. The number of hydrogen-bond donors (Lipinski definition) is 1. The van der Waals surface area contributed by atoms with Crippen LogP contribution in [0.1, 0.15) is 5.56 Å². The lowest BCUT2D eigenvalue weighted by atomic mass is 10.2. The number of rotatable bonds is 3. The molecule has 0 unspecified atom stereocenters. The number of hydrogen-bond acceptors (Lipinski definition) is 1. The van der Waals surface area contributed by atoms with Crippen LogP contribution >= 0.6 is 0 Å². The summed E-state index contributed by atoms with van der Waals surface area (Å²) in [7, 11) is 0. The Morgan fingerprint density at radius 1 is 0.824 bits per heavy atom. The van der Waals surface area contributed by atoms with E-state index in [0.717, 1.165) is 11.6 Å². The summed E-state index contributed by atoms with van der Waals surface area (Å²) in [5, 5.41) is 2.72. The summed E-state index contributed by atoms with van der Waals surface area (Å²) < 4.78 is 38.8. The van der Waals surface area contributed by atoms with E-state index in [0.29, 0.717) is 12.6 Å². The fourth-order valence-electron chi connectivity index (χ4n) is 1.45. The van der Waals surface area contributed by atoms with Gasteiger partial charge < -0.3 is 5.32 Å². The summed E-state index contributed by atoms with van der Waals surface area (Å²) in [5.74, 6) is -3.06. The van der Waals surface area contributed by atoms with E-state index in [1.807, 2.05) is 30.3 Å². The number of benzene rings is 2. The average Bonchev–Trinajstić information content (AvgIpc) is 2.33. The third-order valence-electron chi connectivity index (χ3n) is 2.34. The molecule has 0 fully saturated rings. The monoisotopic (exact) mass is 237 g/mol. The van der Waals surface area contributed by atoms with Gasteiger partial charge in [-0.2, -0.15) is 0 Å². The van der Waals surface area contributed by atoms with Crippen LogP contribution < -0.4 is 5.32 Å². The predicted octanol–water partition coefficient (Wildman–Crippen LogP) is 3.72. The second-order valence-electron chi connectivity index (χ2n) is 3.59. The third-order valence-corrected chi connectivity index (χ3v) is 2.34. The zero-order valence-electron chi connectivity index (χ0n) is 8.88. The molecule has 0 aliphatic carbocycles. The lowest BCUT2D eigenvalue weighted by molar-refractivity contribution is 0.496. The second kappa shape index (κ2) is 4.91. The zero-order chi connectivity index (χ0) is 12.3. The van der Waals surface area contributed by atoms with Gasteiger partial charge in [-0.05, 0) is 5.56 Å². The first-order chi connectivity index (χ1) is 8.16. The van der Waals surface area contributed by atoms with Gasteiger partial charge in [0.2, 0.25) is 0 Å². The molecule has 0 radical (unpaired) electrons. The lowest BCUT2D eigenvalue weighted by Gasteiger charge is -2.08. The SMILES string of the molecule is Fc1cc(F)c(NCc2ccccc2)cc1F. The number of anilines is 1. The quantitative estimate of drug-likeness (QED) is 0.802. The summed E-state index contributed by atoms with van der Waals surface area (Å²) in [6, 6.07) is 10.6. The van der Waals surface area contributed by atoms with E-state index in [1.54, 1.807) is 0 Å². The minimum absolute atomic E-state index is 0.0484. The largest absolute Gasteiger partial charge is 0.379 e. The van der Waals surface area contributed by atoms with Crippen molar-refractivity contribution < 1.29 is 13.2 Å². The number of nitrogens with one attached hydrogen (secondary N) is 1. The first kappa shape index (κ1) is 11.5. The number of halogens is 3. The molecule has 17 heavy (non-hydrogen) atoms. The molecule has 2 aromatic rings. The average molecular weight is 237 g/mol. The van der Waals surface area contributed by atoms with Gasteiger partial charge in [0.05, 0.1) is 5.69 Å². The minimum Gasteiger partial charge on any atom is -0.379 e. The zero-order valence-corrected chi connectivity index (χ0v) is 8.88. The van der Waals surface area contributed by atoms with Crippen LogP contribution in [0.25, 0.3) is 0 Å². The minimum atomic E-state index is -1.19. The van der Waals surface area contributed by atoms with Crippen LogP contribution in [0.4, 0.5) is 18.9 Å². The molecule has 0 aromatic heterocycles. The lowest BCUT2D eigenvalue weighted by Crippen LogP contribution is -2.02. The summed E-state index contributed by atoms with van der Waals surface area (Å²) in [5.41, 5.74) is 0.879. The molecule has 0 bridgehead atoms. The molecule has 0 aliphatic heterocycles. The van der Waals surface area contributed by atoms with Crippen molar-refractivity contribution in [3.63, 3.8) is 0 Å². The Morgan fingerprint density at radius 3 is 2.18 bits per heavy atom. The van der Waals surface area contributed by atoms with Gasteiger partial charge in [-0.15, -0.1) is 0 Å². The van der Waals surface area contributed by atoms with Gasteiger partial charge in [0, 0.05) is 18.7 Å². The Bertz CT molecular complexity index is 512. The Balaban J connectivity index is 2.12. The fraction of sp³-hybridized carbons (Fsp3) is 0.0769. The molecule has 0 spiro atoms. The summed E-state index contributed by atoms with van der Waals surface area (Å²) in [6.45, 7) is 0.350. The highest BCUT2D eigenvalue weighted by molar-refractivity contribution is 5.45. The van der Waals surface area contributed by atoms with E-state index in [9.17, 15) is 13.2 Å². The van der Waals surface area contributed by atoms with Gasteiger partial charge >= 0.3 is 0 Å². The summed E-state index contributed by atoms with van der Waals surface area (Å²) in [6.07, 6.45) is 0. The van der Waals surface area contributed by atoms with Crippen molar-refractivity contribution in [1.82, 2.24) is 0 Å². The molecule has 2 rings (SSSR count). The van der Waals surface area contributed by atoms with Crippen LogP contribution in [-0.2, 0) is 6.54 Å². The molecule has 1 nitrogen and oxygen atoms in total. The van der Waals surface area contributed by atoms with E-state index in [4.69, 9.17) is 0 Å². The molecule has 0 amide bonds. The highest BCUT2D eigenvalue weighted by atomic mass is 19.2. The normalized spacial score (nSPS) is 10.3. The molecule has 4 heteroatoms. The van der Waals surface area contributed by atoms with Crippen molar-refractivity contribution in [1.29, 1.82) is 0 Å². The van der Waals surface area contributed by atoms with Crippen molar-refractivity contribution in [2.75, 3.05) is 5.32 Å². The van der Waals surface area contributed by atoms with E-state index in [1.165, 1.54) is 0 Å². The van der Waals surface area contributed by atoms with Crippen LogP contribution in [0.15, 0.2) is 42.5 Å². The first-order valence-electron chi connectivity index (χ1n) is 5.09. The molecule has 0 saturated carbocycles. The highest BCUT2D eigenvalue weighted by Crippen LogP contribution is 2.19. The molecule has 0 heterocycles. The van der Waals surface area contributed by atoms with Gasteiger partial charge in [-0.25, -0.2) is 13.2 Å². The molecule has 1 N–H and O–H groups in total. The Morgan fingerprint density at radius 2 is 1.47 bits per heavy atom. The first-order valence-corrected chi connectivity index (χ1v) is 5.09. The topological polar surface area (TPSA) is 12.0 Å². The predicted molar refractivity (Wildman–Crippen MR) is 60.1 cm³/mol. The molecule has 2 aromatic carbocycles. The van der Waals surface area contributed by atoms with E-state index >= 15 is 0 Å². The molecule has 0 aliphatic rings. The van der Waals surface area contributed by atoms with Gasteiger partial charge in [-0.1, -0.05) is 30.3 Å². The van der Waals surface area contributed by atoms with Gasteiger partial charge in [0.1, 0.15) is 5.82 Å². The summed E-state index contributed by atoms with van der Waals surface area (Å²) in [4.78, 5) is 0. The van der Waals surface area contributed by atoms with E-state index in [-0.39, 0.29) is 5.69 Å². The van der Waals surface area contributed by atoms with Crippen LogP contribution in [0.2, 0.25) is 0 Å². The van der Waals surface area contributed by atoms with E-state index < -0.39 is 17.5 Å². The molecule has 88 valence electrons. The van der Waals surface area contributed by atoms with Gasteiger partial charge in [0.25, 0.3) is 0 Å². The van der Waals surface area contributed by atoms with Crippen molar-refractivity contribution in [3.8, 4) is 0 Å². The molecular weight excluding hydrogens is 227 g/mol. The van der Waals surface area contributed by atoms with Crippen molar-refractivity contribution in [2.24, 2.45) is 0 Å². The molecular formula is C13H10F3N. The van der Waals surface area contributed by atoms with Gasteiger partial charge in [-0.3, -0.25) is 0 Å². The molecule has 0 atom stereocenters. The van der Waals surface area contributed by atoms with Crippen LogP contribution in [-0.4, -0.2) is 0 Å². The highest BCUT2D eigenvalue weighted by Gasteiger charge is 2.09.